The third-order valence-corrected chi connectivity index (χ3v) is 5.33. The van der Waals surface area contributed by atoms with E-state index in [2.05, 4.69) is 24.5 Å². The Morgan fingerprint density at radius 3 is 2.08 bits per heavy atom. The van der Waals surface area contributed by atoms with Crippen LogP contribution in [-0.2, 0) is 9.59 Å². The SMILES string of the molecule is CC(C)CCNC(=O)C1CCC(C(=O)Nc2c(Cl)cccc2Cl)CC1. The van der Waals surface area contributed by atoms with Gasteiger partial charge in [0.2, 0.25) is 11.8 Å². The zero-order valence-corrected chi connectivity index (χ0v) is 16.3. The largest absolute Gasteiger partial charge is 0.356 e. The van der Waals surface area contributed by atoms with Crippen LogP contribution >= 0.6 is 23.2 Å². The van der Waals surface area contributed by atoms with Crippen LogP contribution in [0.1, 0.15) is 46.0 Å². The lowest BCUT2D eigenvalue weighted by molar-refractivity contribution is -0.128. The number of hydrogen-bond acceptors (Lipinski definition) is 2. The van der Waals surface area contributed by atoms with E-state index >= 15 is 0 Å². The average Bonchev–Trinajstić information content (AvgIpc) is 2.58. The molecule has 0 atom stereocenters. The van der Waals surface area contributed by atoms with Gasteiger partial charge in [0.05, 0.1) is 15.7 Å². The van der Waals surface area contributed by atoms with Crippen molar-refractivity contribution in [1.82, 2.24) is 5.32 Å². The Morgan fingerprint density at radius 2 is 1.56 bits per heavy atom. The summed E-state index contributed by atoms with van der Waals surface area (Å²) in [5, 5.41) is 6.70. The van der Waals surface area contributed by atoms with Crippen LogP contribution < -0.4 is 10.6 Å². The van der Waals surface area contributed by atoms with Crippen molar-refractivity contribution in [2.24, 2.45) is 17.8 Å². The molecular weight excluding hydrogens is 359 g/mol. The van der Waals surface area contributed by atoms with Gasteiger partial charge in [-0.3, -0.25) is 9.59 Å². The molecule has 25 heavy (non-hydrogen) atoms. The van der Waals surface area contributed by atoms with E-state index in [4.69, 9.17) is 23.2 Å². The predicted octanol–water partition coefficient (Wildman–Crippen LogP) is 4.90. The monoisotopic (exact) mass is 384 g/mol. The van der Waals surface area contributed by atoms with E-state index in [9.17, 15) is 9.59 Å². The molecule has 2 rings (SSSR count). The minimum absolute atomic E-state index is 0.0140. The van der Waals surface area contributed by atoms with Crippen LogP contribution in [0, 0.1) is 17.8 Å². The van der Waals surface area contributed by atoms with Crippen LogP contribution in [0.2, 0.25) is 10.0 Å². The minimum Gasteiger partial charge on any atom is -0.356 e. The molecule has 0 aromatic heterocycles. The highest BCUT2D eigenvalue weighted by molar-refractivity contribution is 6.39. The summed E-state index contributed by atoms with van der Waals surface area (Å²) in [5.74, 6) is 0.533. The Kier molecular flexibility index (Phi) is 7.57. The van der Waals surface area contributed by atoms with Crippen molar-refractivity contribution in [1.29, 1.82) is 0 Å². The zero-order valence-electron chi connectivity index (χ0n) is 14.8. The van der Waals surface area contributed by atoms with E-state index in [1.807, 2.05) is 0 Å². The summed E-state index contributed by atoms with van der Waals surface area (Å²) >= 11 is 12.2. The molecule has 1 aromatic carbocycles. The third-order valence-electron chi connectivity index (χ3n) is 4.70. The number of hydrogen-bond donors (Lipinski definition) is 2. The van der Waals surface area contributed by atoms with E-state index in [0.29, 0.717) is 34.5 Å². The molecule has 4 nitrogen and oxygen atoms in total. The molecule has 2 N–H and O–H groups in total. The van der Waals surface area contributed by atoms with E-state index in [1.54, 1.807) is 18.2 Å². The number of benzene rings is 1. The molecule has 0 aliphatic heterocycles. The van der Waals surface area contributed by atoms with E-state index in [-0.39, 0.29) is 23.7 Å². The minimum atomic E-state index is -0.105. The number of anilines is 1. The molecule has 0 bridgehead atoms. The van der Waals surface area contributed by atoms with Gasteiger partial charge in [-0.05, 0) is 50.2 Å². The second-order valence-corrected chi connectivity index (χ2v) is 7.92. The Labute approximate surface area is 159 Å². The smallest absolute Gasteiger partial charge is 0.227 e. The Morgan fingerprint density at radius 1 is 1.04 bits per heavy atom. The van der Waals surface area contributed by atoms with Crippen LogP contribution in [0.25, 0.3) is 0 Å². The van der Waals surface area contributed by atoms with Crippen molar-refractivity contribution in [3.63, 3.8) is 0 Å². The highest BCUT2D eigenvalue weighted by Crippen LogP contribution is 2.33. The molecule has 1 aromatic rings. The molecule has 2 amide bonds. The lowest BCUT2D eigenvalue weighted by atomic mass is 9.81. The summed E-state index contributed by atoms with van der Waals surface area (Å²) in [6, 6.07) is 5.13. The standard InChI is InChI=1S/C19H26Cl2N2O2/c1-12(2)10-11-22-18(24)13-6-8-14(9-7-13)19(25)23-17-15(20)4-3-5-16(17)21/h3-5,12-14H,6-11H2,1-2H3,(H,22,24)(H,23,25). The molecule has 1 aliphatic carbocycles. The summed E-state index contributed by atoms with van der Waals surface area (Å²) in [5.41, 5.74) is 0.462. The Hall–Kier alpha value is -1.26. The molecule has 1 fully saturated rings. The molecule has 1 aliphatic rings. The number of halogens is 2. The van der Waals surface area contributed by atoms with Crippen LogP contribution in [-0.4, -0.2) is 18.4 Å². The fourth-order valence-electron chi connectivity index (χ4n) is 3.09. The van der Waals surface area contributed by atoms with Crippen LogP contribution in [0.3, 0.4) is 0 Å². The van der Waals surface area contributed by atoms with Crippen LogP contribution in [0.5, 0.6) is 0 Å². The highest BCUT2D eigenvalue weighted by atomic mass is 35.5. The average molecular weight is 385 g/mol. The molecule has 138 valence electrons. The number of nitrogens with one attached hydrogen (secondary N) is 2. The summed E-state index contributed by atoms with van der Waals surface area (Å²) in [4.78, 5) is 24.7. The summed E-state index contributed by atoms with van der Waals surface area (Å²) < 4.78 is 0. The maximum absolute atomic E-state index is 12.5. The molecule has 0 radical (unpaired) electrons. The van der Waals surface area contributed by atoms with Gasteiger partial charge >= 0.3 is 0 Å². The number of rotatable bonds is 6. The van der Waals surface area contributed by atoms with Crippen molar-refractivity contribution in [2.45, 2.75) is 46.0 Å². The van der Waals surface area contributed by atoms with Gasteiger partial charge in [-0.1, -0.05) is 43.1 Å². The van der Waals surface area contributed by atoms with Crippen LogP contribution in [0.15, 0.2) is 18.2 Å². The van der Waals surface area contributed by atoms with Gasteiger partial charge in [-0.15, -0.1) is 0 Å². The van der Waals surface area contributed by atoms with Crippen molar-refractivity contribution >= 4 is 40.7 Å². The van der Waals surface area contributed by atoms with Gasteiger partial charge in [0.25, 0.3) is 0 Å². The molecule has 0 heterocycles. The number of carbonyl (C=O) groups is 2. The van der Waals surface area contributed by atoms with E-state index < -0.39 is 0 Å². The van der Waals surface area contributed by atoms with Gasteiger partial charge in [-0.25, -0.2) is 0 Å². The molecular formula is C19H26Cl2N2O2. The molecule has 6 heteroatoms. The maximum Gasteiger partial charge on any atom is 0.227 e. The fraction of sp³-hybridized carbons (Fsp3) is 0.579. The second-order valence-electron chi connectivity index (χ2n) is 7.11. The summed E-state index contributed by atoms with van der Waals surface area (Å²) in [6.45, 7) is 5.00. The van der Waals surface area contributed by atoms with E-state index in [1.165, 1.54) is 0 Å². The normalized spacial score (nSPS) is 20.4. The van der Waals surface area contributed by atoms with Gasteiger partial charge in [0.15, 0.2) is 0 Å². The molecule has 0 spiro atoms. The third kappa shape index (κ3) is 5.89. The predicted molar refractivity (Wildman–Crippen MR) is 103 cm³/mol. The van der Waals surface area contributed by atoms with E-state index in [0.717, 1.165) is 25.8 Å². The van der Waals surface area contributed by atoms with Crippen LogP contribution in [0.4, 0.5) is 5.69 Å². The Balaban J connectivity index is 1.81. The lowest BCUT2D eigenvalue weighted by Gasteiger charge is -2.27. The van der Waals surface area contributed by atoms with Gasteiger partial charge in [0, 0.05) is 18.4 Å². The van der Waals surface area contributed by atoms with Gasteiger partial charge in [0.1, 0.15) is 0 Å². The van der Waals surface area contributed by atoms with Crippen molar-refractivity contribution < 1.29 is 9.59 Å². The number of amides is 2. The first-order valence-electron chi connectivity index (χ1n) is 8.91. The first kappa shape index (κ1) is 20.1. The zero-order chi connectivity index (χ0) is 18.4. The fourth-order valence-corrected chi connectivity index (χ4v) is 3.58. The van der Waals surface area contributed by atoms with Crippen molar-refractivity contribution in [3.8, 4) is 0 Å². The van der Waals surface area contributed by atoms with Crippen molar-refractivity contribution in [3.05, 3.63) is 28.2 Å². The molecule has 0 saturated heterocycles. The summed E-state index contributed by atoms with van der Waals surface area (Å²) in [7, 11) is 0. The topological polar surface area (TPSA) is 58.2 Å². The Bertz CT molecular complexity index is 591. The molecule has 0 unspecified atom stereocenters. The first-order chi connectivity index (χ1) is 11.9. The van der Waals surface area contributed by atoms with Gasteiger partial charge in [-0.2, -0.15) is 0 Å². The number of para-hydroxylation sites is 1. The van der Waals surface area contributed by atoms with Gasteiger partial charge < -0.3 is 10.6 Å². The highest BCUT2D eigenvalue weighted by Gasteiger charge is 2.30. The first-order valence-corrected chi connectivity index (χ1v) is 9.66. The second kappa shape index (κ2) is 9.44. The maximum atomic E-state index is 12.5. The number of carbonyl (C=O) groups excluding carboxylic acids is 2. The molecule has 1 saturated carbocycles. The lowest BCUT2D eigenvalue weighted by Crippen LogP contribution is -2.36. The quantitative estimate of drug-likeness (QED) is 0.732. The van der Waals surface area contributed by atoms with Crippen molar-refractivity contribution in [2.75, 3.05) is 11.9 Å². The summed E-state index contributed by atoms with van der Waals surface area (Å²) in [6.07, 6.45) is 3.87.